The number of likely N-dealkylation sites (N-methyl/N-ethyl adjacent to an activating group) is 1. The van der Waals surface area contributed by atoms with Crippen LogP contribution in [-0.4, -0.2) is 51.9 Å². The molecule has 6 nitrogen and oxygen atoms in total. The Bertz CT molecular complexity index is 452. The molecule has 1 aliphatic rings. The van der Waals surface area contributed by atoms with Crippen molar-refractivity contribution in [2.45, 2.75) is 52.1 Å². The molecule has 1 fully saturated rings. The molecule has 112 valence electrons. The highest BCUT2D eigenvalue weighted by Crippen LogP contribution is 2.22. The second-order valence-corrected chi connectivity index (χ2v) is 5.36. The molecular formula is C14H24N4O2. The van der Waals surface area contributed by atoms with Crippen LogP contribution in [0.15, 0.2) is 0 Å². The molecule has 1 aromatic rings. The van der Waals surface area contributed by atoms with Crippen molar-refractivity contribution in [1.82, 2.24) is 19.7 Å². The Morgan fingerprint density at radius 3 is 2.75 bits per heavy atom. The van der Waals surface area contributed by atoms with Crippen LogP contribution in [0.4, 0.5) is 0 Å². The van der Waals surface area contributed by atoms with Gasteiger partial charge in [0.2, 0.25) is 5.82 Å². The monoisotopic (exact) mass is 280 g/mol. The predicted molar refractivity (Wildman–Crippen MR) is 75.6 cm³/mol. The van der Waals surface area contributed by atoms with Crippen LogP contribution in [-0.2, 0) is 11.3 Å². The number of carbonyl (C=O) groups is 1. The lowest BCUT2D eigenvalue weighted by atomic mass is 10.2. The van der Waals surface area contributed by atoms with E-state index in [9.17, 15) is 4.79 Å². The van der Waals surface area contributed by atoms with Crippen molar-refractivity contribution < 1.29 is 9.53 Å². The van der Waals surface area contributed by atoms with Gasteiger partial charge >= 0.3 is 5.97 Å². The third-order valence-electron chi connectivity index (χ3n) is 4.02. The maximum absolute atomic E-state index is 11.8. The molecule has 0 amide bonds. The summed E-state index contributed by atoms with van der Waals surface area (Å²) in [5.74, 6) is 0.675. The zero-order valence-electron chi connectivity index (χ0n) is 12.6. The van der Waals surface area contributed by atoms with E-state index in [0.29, 0.717) is 18.5 Å². The van der Waals surface area contributed by atoms with E-state index in [4.69, 9.17) is 4.74 Å². The lowest BCUT2D eigenvalue weighted by molar-refractivity contribution is 0.0504. The molecule has 20 heavy (non-hydrogen) atoms. The van der Waals surface area contributed by atoms with E-state index in [1.807, 2.05) is 11.5 Å². The summed E-state index contributed by atoms with van der Waals surface area (Å²) in [6, 6.07) is 0.679. The van der Waals surface area contributed by atoms with Crippen molar-refractivity contribution in [3.05, 3.63) is 11.6 Å². The summed E-state index contributed by atoms with van der Waals surface area (Å²) in [4.78, 5) is 14.2. The minimum absolute atomic E-state index is 0.309. The number of rotatable bonds is 6. The molecule has 0 N–H and O–H groups in total. The predicted octanol–water partition coefficient (Wildman–Crippen LogP) is 1.64. The minimum atomic E-state index is -0.392. The molecule has 0 saturated heterocycles. The van der Waals surface area contributed by atoms with E-state index in [1.54, 1.807) is 6.92 Å². The van der Waals surface area contributed by atoms with Crippen molar-refractivity contribution in [2.75, 3.05) is 20.2 Å². The van der Waals surface area contributed by atoms with Gasteiger partial charge < -0.3 is 14.2 Å². The summed E-state index contributed by atoms with van der Waals surface area (Å²) in [5, 5.41) is 7.92. The number of hydrogen-bond donors (Lipinski definition) is 0. The van der Waals surface area contributed by atoms with Gasteiger partial charge in [-0.25, -0.2) is 4.79 Å². The first-order chi connectivity index (χ1) is 9.63. The van der Waals surface area contributed by atoms with E-state index >= 15 is 0 Å². The topological polar surface area (TPSA) is 60.2 Å². The van der Waals surface area contributed by atoms with E-state index in [0.717, 1.165) is 18.9 Å². The Morgan fingerprint density at radius 2 is 2.10 bits per heavy atom. The van der Waals surface area contributed by atoms with E-state index < -0.39 is 5.97 Å². The first-order valence-electron chi connectivity index (χ1n) is 7.40. The summed E-state index contributed by atoms with van der Waals surface area (Å²) in [6.07, 6.45) is 5.22. The van der Waals surface area contributed by atoms with Crippen molar-refractivity contribution >= 4 is 5.97 Å². The second kappa shape index (κ2) is 6.83. The van der Waals surface area contributed by atoms with Crippen molar-refractivity contribution in [3.63, 3.8) is 0 Å². The molecule has 1 saturated carbocycles. The van der Waals surface area contributed by atoms with Crippen molar-refractivity contribution in [1.29, 1.82) is 0 Å². The smallest absolute Gasteiger partial charge is 0.376 e. The molecule has 2 rings (SSSR count). The zero-order valence-corrected chi connectivity index (χ0v) is 12.6. The number of esters is 1. The number of nitrogens with zero attached hydrogens (tertiary/aromatic N) is 4. The van der Waals surface area contributed by atoms with Gasteiger partial charge in [0.15, 0.2) is 0 Å². The zero-order chi connectivity index (χ0) is 14.5. The largest absolute Gasteiger partial charge is 0.460 e. The number of carbonyl (C=O) groups excluding carboxylic acids is 1. The summed E-state index contributed by atoms with van der Waals surface area (Å²) in [7, 11) is 2.15. The molecule has 0 radical (unpaired) electrons. The van der Waals surface area contributed by atoms with Gasteiger partial charge in [-0.15, -0.1) is 10.2 Å². The van der Waals surface area contributed by atoms with Gasteiger partial charge in [0, 0.05) is 19.1 Å². The fourth-order valence-electron chi connectivity index (χ4n) is 2.78. The van der Waals surface area contributed by atoms with Crippen LogP contribution in [0.1, 0.15) is 49.1 Å². The van der Waals surface area contributed by atoms with Gasteiger partial charge in [-0.05, 0) is 33.7 Å². The number of aromatic nitrogens is 3. The van der Waals surface area contributed by atoms with E-state index in [-0.39, 0.29) is 0 Å². The van der Waals surface area contributed by atoms with Crippen molar-refractivity contribution in [2.24, 2.45) is 0 Å². The number of ether oxygens (including phenoxy) is 1. The van der Waals surface area contributed by atoms with E-state index in [1.165, 1.54) is 25.7 Å². The standard InChI is InChI=1S/C14H24N4O2/c1-4-20-14(19)13-16-15-11(2)18(13)10-9-17(3)12-7-5-6-8-12/h12H,4-10H2,1-3H3. The number of hydrogen-bond acceptors (Lipinski definition) is 5. The maximum Gasteiger partial charge on any atom is 0.376 e. The lowest BCUT2D eigenvalue weighted by Crippen LogP contribution is -2.33. The fourth-order valence-corrected chi connectivity index (χ4v) is 2.78. The Morgan fingerprint density at radius 1 is 1.40 bits per heavy atom. The molecule has 1 aliphatic carbocycles. The lowest BCUT2D eigenvalue weighted by Gasteiger charge is -2.24. The van der Waals surface area contributed by atoms with Crippen LogP contribution >= 0.6 is 0 Å². The van der Waals surface area contributed by atoms with Gasteiger partial charge in [0.25, 0.3) is 0 Å². The highest BCUT2D eigenvalue weighted by Gasteiger charge is 2.21. The van der Waals surface area contributed by atoms with Crippen LogP contribution in [0, 0.1) is 6.92 Å². The van der Waals surface area contributed by atoms with Crippen LogP contribution in [0.25, 0.3) is 0 Å². The number of aryl methyl sites for hydroxylation is 1. The molecule has 0 aromatic carbocycles. The molecule has 0 bridgehead atoms. The van der Waals surface area contributed by atoms with Gasteiger partial charge in [-0.3, -0.25) is 0 Å². The molecule has 6 heteroatoms. The molecule has 1 aromatic heterocycles. The Kier molecular flexibility index (Phi) is 5.11. The maximum atomic E-state index is 11.8. The molecule has 0 unspecified atom stereocenters. The first kappa shape index (κ1) is 15.0. The van der Waals surface area contributed by atoms with Crippen molar-refractivity contribution in [3.8, 4) is 0 Å². The fraction of sp³-hybridized carbons (Fsp3) is 0.786. The molecule has 0 spiro atoms. The third kappa shape index (κ3) is 3.36. The third-order valence-corrected chi connectivity index (χ3v) is 4.02. The average Bonchev–Trinajstić information content (AvgIpc) is 3.06. The van der Waals surface area contributed by atoms with Gasteiger partial charge in [0.1, 0.15) is 5.82 Å². The highest BCUT2D eigenvalue weighted by atomic mass is 16.5. The average molecular weight is 280 g/mol. The Labute approximate surface area is 120 Å². The van der Waals surface area contributed by atoms with Crippen LogP contribution in [0.2, 0.25) is 0 Å². The quantitative estimate of drug-likeness (QED) is 0.741. The highest BCUT2D eigenvalue weighted by molar-refractivity contribution is 5.85. The SMILES string of the molecule is CCOC(=O)c1nnc(C)n1CCN(C)C1CCCC1. The summed E-state index contributed by atoms with van der Waals surface area (Å²) in [5.41, 5.74) is 0. The van der Waals surface area contributed by atoms with Crippen LogP contribution < -0.4 is 0 Å². The summed E-state index contributed by atoms with van der Waals surface area (Å²) in [6.45, 7) is 5.63. The summed E-state index contributed by atoms with van der Waals surface area (Å²) >= 11 is 0. The minimum Gasteiger partial charge on any atom is -0.460 e. The molecular weight excluding hydrogens is 256 g/mol. The van der Waals surface area contributed by atoms with E-state index in [2.05, 4.69) is 22.1 Å². The first-order valence-corrected chi connectivity index (χ1v) is 7.40. The second-order valence-electron chi connectivity index (χ2n) is 5.36. The molecule has 0 atom stereocenters. The van der Waals surface area contributed by atoms with Gasteiger partial charge in [0.05, 0.1) is 6.61 Å². The van der Waals surface area contributed by atoms with Crippen LogP contribution in [0.5, 0.6) is 0 Å². The normalized spacial score (nSPS) is 16.0. The molecule has 1 heterocycles. The Hall–Kier alpha value is -1.43. The van der Waals surface area contributed by atoms with Crippen LogP contribution in [0.3, 0.4) is 0 Å². The molecule has 0 aliphatic heterocycles. The van der Waals surface area contributed by atoms with Gasteiger partial charge in [-0.1, -0.05) is 12.8 Å². The van der Waals surface area contributed by atoms with Gasteiger partial charge in [-0.2, -0.15) is 0 Å². The summed E-state index contributed by atoms with van der Waals surface area (Å²) < 4.78 is 6.86. The Balaban J connectivity index is 1.97.